The molecule has 0 saturated heterocycles. The lowest BCUT2D eigenvalue weighted by Gasteiger charge is -2.22. The Morgan fingerprint density at radius 3 is 2.23 bits per heavy atom. The third kappa shape index (κ3) is 5.68. The number of nitrogens with zero attached hydrogens (tertiary/aromatic N) is 1. The summed E-state index contributed by atoms with van der Waals surface area (Å²) in [6.45, 7) is 6.06. The summed E-state index contributed by atoms with van der Waals surface area (Å²) in [6, 6.07) is 6.67. The summed E-state index contributed by atoms with van der Waals surface area (Å²) in [7, 11) is -6.98. The van der Waals surface area contributed by atoms with E-state index in [1.807, 2.05) is 13.8 Å². The van der Waals surface area contributed by atoms with Crippen LogP contribution < -0.4 is 4.72 Å². The van der Waals surface area contributed by atoms with Crippen LogP contribution in [0.15, 0.2) is 29.2 Å². The molecule has 8 heteroatoms. The van der Waals surface area contributed by atoms with Crippen LogP contribution >= 0.6 is 0 Å². The van der Waals surface area contributed by atoms with E-state index in [4.69, 9.17) is 0 Å². The van der Waals surface area contributed by atoms with Gasteiger partial charge in [-0.05, 0) is 24.5 Å². The van der Waals surface area contributed by atoms with Crippen molar-refractivity contribution in [3.8, 4) is 0 Å². The lowest BCUT2D eigenvalue weighted by Crippen LogP contribution is -2.39. The Balaban J connectivity index is 2.75. The van der Waals surface area contributed by atoms with Crippen molar-refractivity contribution >= 4 is 20.0 Å². The fraction of sp³-hybridized carbons (Fsp3) is 0.571. The third-order valence-electron chi connectivity index (χ3n) is 3.07. The van der Waals surface area contributed by atoms with E-state index in [1.54, 1.807) is 25.1 Å². The molecule has 0 aliphatic heterocycles. The number of aryl methyl sites for hydroxylation is 1. The normalized spacial score (nSPS) is 13.0. The fourth-order valence-corrected chi connectivity index (χ4v) is 4.30. The van der Waals surface area contributed by atoms with E-state index >= 15 is 0 Å². The molecule has 0 amide bonds. The first-order chi connectivity index (χ1) is 10.0. The van der Waals surface area contributed by atoms with Gasteiger partial charge in [-0.15, -0.1) is 0 Å². The van der Waals surface area contributed by atoms with E-state index in [0.717, 1.165) is 6.26 Å². The second-order valence-corrected chi connectivity index (χ2v) is 9.40. The van der Waals surface area contributed by atoms with Crippen LogP contribution in [0.5, 0.6) is 0 Å². The van der Waals surface area contributed by atoms with E-state index in [2.05, 4.69) is 4.72 Å². The highest BCUT2D eigenvalue weighted by Crippen LogP contribution is 2.13. The van der Waals surface area contributed by atoms with Gasteiger partial charge in [0.1, 0.15) is 0 Å². The van der Waals surface area contributed by atoms with Crippen molar-refractivity contribution in [1.82, 2.24) is 9.03 Å². The first-order valence-electron chi connectivity index (χ1n) is 7.04. The molecule has 126 valence electrons. The van der Waals surface area contributed by atoms with Crippen molar-refractivity contribution < 1.29 is 16.8 Å². The molecule has 0 unspecified atom stereocenters. The maximum Gasteiger partial charge on any atom is 0.240 e. The summed E-state index contributed by atoms with van der Waals surface area (Å²) in [5.74, 6) is 0.169. The molecular formula is C14H24N2O4S2. The first-order valence-corrected chi connectivity index (χ1v) is 10.4. The summed E-state index contributed by atoms with van der Waals surface area (Å²) in [4.78, 5) is 0.213. The molecule has 1 aromatic rings. The predicted molar refractivity (Wildman–Crippen MR) is 87.6 cm³/mol. The first kappa shape index (κ1) is 19.1. The van der Waals surface area contributed by atoms with Crippen LogP contribution in [0, 0.1) is 12.8 Å². The Morgan fingerprint density at radius 2 is 1.73 bits per heavy atom. The predicted octanol–water partition coefficient (Wildman–Crippen LogP) is 1.19. The highest BCUT2D eigenvalue weighted by molar-refractivity contribution is 7.89. The number of benzene rings is 1. The van der Waals surface area contributed by atoms with Gasteiger partial charge < -0.3 is 0 Å². The molecule has 0 aliphatic carbocycles. The second-order valence-electron chi connectivity index (χ2n) is 5.68. The van der Waals surface area contributed by atoms with Crippen molar-refractivity contribution in [2.24, 2.45) is 5.92 Å². The lowest BCUT2D eigenvalue weighted by molar-refractivity contribution is 0.372. The maximum atomic E-state index is 12.2. The van der Waals surface area contributed by atoms with Gasteiger partial charge in [-0.25, -0.2) is 25.9 Å². The van der Waals surface area contributed by atoms with E-state index < -0.39 is 20.0 Å². The molecule has 6 nitrogen and oxygen atoms in total. The van der Waals surface area contributed by atoms with E-state index in [0.29, 0.717) is 12.1 Å². The maximum absolute atomic E-state index is 12.2. The summed E-state index contributed by atoms with van der Waals surface area (Å²) in [5.41, 5.74) is 0.650. The van der Waals surface area contributed by atoms with Gasteiger partial charge in [-0.2, -0.15) is 0 Å². The molecule has 0 spiro atoms. The van der Waals surface area contributed by atoms with E-state index in [-0.39, 0.29) is 23.9 Å². The quantitative estimate of drug-likeness (QED) is 0.765. The third-order valence-corrected chi connectivity index (χ3v) is 5.97. The molecule has 0 aliphatic rings. The van der Waals surface area contributed by atoms with Crippen LogP contribution in [0.2, 0.25) is 0 Å². The SMILES string of the molecule is Cc1ccccc1S(=O)(=O)NCCN(CC(C)C)S(C)(=O)=O. The van der Waals surface area contributed by atoms with Gasteiger partial charge in [0.15, 0.2) is 0 Å². The van der Waals surface area contributed by atoms with Gasteiger partial charge in [-0.3, -0.25) is 0 Å². The van der Waals surface area contributed by atoms with Gasteiger partial charge in [0.2, 0.25) is 20.0 Å². The van der Waals surface area contributed by atoms with Crippen LogP contribution in [0.1, 0.15) is 19.4 Å². The Labute approximate surface area is 133 Å². The van der Waals surface area contributed by atoms with Crippen LogP contribution in [0.3, 0.4) is 0 Å². The molecular weight excluding hydrogens is 324 g/mol. The average molecular weight is 348 g/mol. The fourth-order valence-electron chi connectivity index (χ4n) is 2.04. The molecule has 0 heterocycles. The monoisotopic (exact) mass is 348 g/mol. The highest BCUT2D eigenvalue weighted by atomic mass is 32.2. The molecule has 0 bridgehead atoms. The summed E-state index contributed by atoms with van der Waals surface area (Å²) in [6.07, 6.45) is 1.13. The summed E-state index contributed by atoms with van der Waals surface area (Å²) >= 11 is 0. The van der Waals surface area contributed by atoms with Crippen LogP contribution in [-0.4, -0.2) is 47.0 Å². The smallest absolute Gasteiger partial charge is 0.213 e. The minimum atomic E-state index is -3.63. The molecule has 0 saturated carbocycles. The number of nitrogens with one attached hydrogen (secondary N) is 1. The van der Waals surface area contributed by atoms with Crippen LogP contribution in [0.25, 0.3) is 0 Å². The number of sulfonamides is 2. The van der Waals surface area contributed by atoms with Gasteiger partial charge in [0, 0.05) is 19.6 Å². The van der Waals surface area contributed by atoms with Crippen molar-refractivity contribution in [1.29, 1.82) is 0 Å². The number of hydrogen-bond acceptors (Lipinski definition) is 4. The number of hydrogen-bond donors (Lipinski definition) is 1. The standard InChI is InChI=1S/C14H24N2O4S2/c1-12(2)11-16(21(4,17)18)10-9-15-22(19,20)14-8-6-5-7-13(14)3/h5-8,12,15H,9-11H2,1-4H3. The Kier molecular flexibility index (Phi) is 6.54. The molecule has 1 rings (SSSR count). The number of rotatable bonds is 8. The molecule has 0 radical (unpaired) electrons. The average Bonchev–Trinajstić information content (AvgIpc) is 2.36. The lowest BCUT2D eigenvalue weighted by atomic mass is 10.2. The highest BCUT2D eigenvalue weighted by Gasteiger charge is 2.20. The van der Waals surface area contributed by atoms with Gasteiger partial charge in [0.05, 0.1) is 11.2 Å². The Morgan fingerprint density at radius 1 is 1.14 bits per heavy atom. The zero-order valence-electron chi connectivity index (χ0n) is 13.4. The molecule has 0 fully saturated rings. The Hall–Kier alpha value is -0.960. The van der Waals surface area contributed by atoms with Crippen molar-refractivity contribution in [3.63, 3.8) is 0 Å². The van der Waals surface area contributed by atoms with Crippen molar-refractivity contribution in [2.45, 2.75) is 25.7 Å². The summed E-state index contributed by atoms with van der Waals surface area (Å²) < 4.78 is 51.6. The zero-order chi connectivity index (χ0) is 17.0. The molecule has 22 heavy (non-hydrogen) atoms. The van der Waals surface area contributed by atoms with E-state index in [9.17, 15) is 16.8 Å². The van der Waals surface area contributed by atoms with Crippen molar-refractivity contribution in [2.75, 3.05) is 25.9 Å². The molecule has 1 aromatic carbocycles. The van der Waals surface area contributed by atoms with Gasteiger partial charge in [0.25, 0.3) is 0 Å². The van der Waals surface area contributed by atoms with Crippen molar-refractivity contribution in [3.05, 3.63) is 29.8 Å². The van der Waals surface area contributed by atoms with Crippen LogP contribution in [0.4, 0.5) is 0 Å². The largest absolute Gasteiger partial charge is 0.240 e. The minimum Gasteiger partial charge on any atom is -0.213 e. The second kappa shape index (κ2) is 7.54. The van der Waals surface area contributed by atoms with Crippen LogP contribution in [-0.2, 0) is 20.0 Å². The topological polar surface area (TPSA) is 83.6 Å². The summed E-state index contributed by atoms with van der Waals surface area (Å²) in [5, 5.41) is 0. The molecule has 1 N–H and O–H groups in total. The Bertz CT molecular complexity index is 697. The van der Waals surface area contributed by atoms with E-state index in [1.165, 1.54) is 10.4 Å². The molecule has 0 atom stereocenters. The van der Waals surface area contributed by atoms with Gasteiger partial charge in [-0.1, -0.05) is 32.0 Å². The zero-order valence-corrected chi connectivity index (χ0v) is 15.0. The van der Waals surface area contributed by atoms with Gasteiger partial charge >= 0.3 is 0 Å². The minimum absolute atomic E-state index is 0.0382. The molecule has 0 aromatic heterocycles.